The average Bonchev–Trinajstić information content (AvgIpc) is 3.37. The number of rotatable bonds is 9. The summed E-state index contributed by atoms with van der Waals surface area (Å²) in [6.07, 6.45) is 1.34. The fourth-order valence-electron chi connectivity index (χ4n) is 3.54. The van der Waals surface area contributed by atoms with Crippen LogP contribution in [0.3, 0.4) is 0 Å². The molecule has 1 aromatic heterocycles. The number of furan rings is 1. The number of ether oxygens (including phenoxy) is 2. The molecule has 1 aliphatic rings. The van der Waals surface area contributed by atoms with E-state index in [1.807, 2.05) is 24.3 Å². The van der Waals surface area contributed by atoms with Gasteiger partial charge in [0, 0.05) is 18.7 Å². The van der Waals surface area contributed by atoms with Crippen LogP contribution in [0.4, 0.5) is 5.69 Å². The minimum Gasteiger partial charge on any atom is -0.465 e. The highest BCUT2D eigenvalue weighted by Crippen LogP contribution is 2.40. The van der Waals surface area contributed by atoms with Crippen LogP contribution in [0.1, 0.15) is 58.5 Å². The molecule has 1 fully saturated rings. The highest BCUT2D eigenvalue weighted by molar-refractivity contribution is 6.74. The first-order chi connectivity index (χ1) is 15.8. The van der Waals surface area contributed by atoms with Crippen molar-refractivity contribution in [2.75, 3.05) is 11.9 Å². The number of carbonyl (C=O) groups is 2. The predicted octanol–water partition coefficient (Wildman–Crippen LogP) is 5.63. The quantitative estimate of drug-likeness (QED) is 0.278. The molecule has 1 aromatic carbocycles. The summed E-state index contributed by atoms with van der Waals surface area (Å²) in [6.45, 7) is 15.3. The Balaban J connectivity index is 1.72. The Morgan fingerprint density at radius 1 is 1.21 bits per heavy atom. The standard InChI is InChI=1S/C26H37NO6Si/c1-18(2)32-23(28)26(17-22(33-24(26)29)21-9-8-15-30-21)27-20-12-10-19(11-13-20)14-16-31-34(6,7)25(3,4)5/h8-13,15,18,22,27H,14,16-17H2,1-7H3/t22-,26+/m1/s1. The lowest BCUT2D eigenvalue weighted by atomic mass is 9.93. The van der Waals surface area contributed by atoms with Gasteiger partial charge in [-0.2, -0.15) is 0 Å². The van der Waals surface area contributed by atoms with Gasteiger partial charge in [-0.3, -0.25) is 0 Å². The molecule has 3 rings (SSSR count). The lowest BCUT2D eigenvalue weighted by molar-refractivity contribution is -0.160. The normalized spacial score (nSPS) is 20.9. The first kappa shape index (κ1) is 26.0. The first-order valence-electron chi connectivity index (χ1n) is 11.8. The summed E-state index contributed by atoms with van der Waals surface area (Å²) in [5.41, 5.74) is 0.103. The molecule has 0 saturated carbocycles. The maximum atomic E-state index is 13.1. The van der Waals surface area contributed by atoms with Gasteiger partial charge in [0.1, 0.15) is 5.76 Å². The van der Waals surface area contributed by atoms with Gasteiger partial charge in [-0.15, -0.1) is 0 Å². The smallest absolute Gasteiger partial charge is 0.344 e. The van der Waals surface area contributed by atoms with E-state index in [1.54, 1.807) is 26.0 Å². The van der Waals surface area contributed by atoms with Gasteiger partial charge in [-0.25, -0.2) is 9.59 Å². The van der Waals surface area contributed by atoms with Gasteiger partial charge < -0.3 is 23.6 Å². The van der Waals surface area contributed by atoms with Crippen molar-refractivity contribution >= 4 is 25.9 Å². The fraction of sp³-hybridized carbons (Fsp3) is 0.538. The largest absolute Gasteiger partial charge is 0.465 e. The van der Waals surface area contributed by atoms with Crippen LogP contribution in [0.25, 0.3) is 0 Å². The van der Waals surface area contributed by atoms with E-state index in [2.05, 4.69) is 39.2 Å². The Bertz CT molecular complexity index is 978. The molecule has 0 spiro atoms. The Kier molecular flexibility index (Phi) is 7.62. The van der Waals surface area contributed by atoms with E-state index in [0.29, 0.717) is 18.1 Å². The molecule has 2 aromatic rings. The topological polar surface area (TPSA) is 87.0 Å². The molecule has 0 unspecified atom stereocenters. The van der Waals surface area contributed by atoms with E-state index in [4.69, 9.17) is 18.3 Å². The van der Waals surface area contributed by atoms with Crippen LogP contribution in [0.2, 0.25) is 18.1 Å². The zero-order valence-electron chi connectivity index (χ0n) is 21.3. The summed E-state index contributed by atoms with van der Waals surface area (Å²) in [5, 5.41) is 3.28. The second-order valence-electron chi connectivity index (χ2n) is 10.7. The third-order valence-electron chi connectivity index (χ3n) is 6.61. The van der Waals surface area contributed by atoms with E-state index >= 15 is 0 Å². The van der Waals surface area contributed by atoms with Crippen LogP contribution < -0.4 is 5.32 Å². The van der Waals surface area contributed by atoms with Crippen molar-refractivity contribution in [3.8, 4) is 0 Å². The maximum Gasteiger partial charge on any atom is 0.344 e. The SMILES string of the molecule is CC(C)OC(=O)[C@@]1(Nc2ccc(CCO[Si](C)(C)C(C)(C)C)cc2)C[C@H](c2ccco2)OC1=O. The predicted molar refractivity (Wildman–Crippen MR) is 133 cm³/mol. The van der Waals surface area contributed by atoms with Crippen molar-refractivity contribution in [1.29, 1.82) is 0 Å². The molecular formula is C26H37NO6Si. The van der Waals surface area contributed by atoms with Gasteiger partial charge in [0.05, 0.1) is 12.4 Å². The van der Waals surface area contributed by atoms with E-state index in [-0.39, 0.29) is 17.6 Å². The number of nitrogens with one attached hydrogen (secondary N) is 1. The van der Waals surface area contributed by atoms with Gasteiger partial charge in [-0.1, -0.05) is 32.9 Å². The van der Waals surface area contributed by atoms with Crippen LogP contribution in [-0.4, -0.2) is 38.5 Å². The van der Waals surface area contributed by atoms with Crippen LogP contribution >= 0.6 is 0 Å². The number of cyclic esters (lactones) is 1. The molecule has 0 amide bonds. The monoisotopic (exact) mass is 487 g/mol. The molecule has 1 saturated heterocycles. The molecule has 2 atom stereocenters. The van der Waals surface area contributed by atoms with Gasteiger partial charge >= 0.3 is 11.9 Å². The number of hydrogen-bond acceptors (Lipinski definition) is 7. The molecule has 0 bridgehead atoms. The molecule has 2 heterocycles. The van der Waals surface area contributed by atoms with Crippen molar-refractivity contribution in [3.63, 3.8) is 0 Å². The third kappa shape index (κ3) is 5.72. The summed E-state index contributed by atoms with van der Waals surface area (Å²) in [6, 6.07) is 11.1. The van der Waals surface area contributed by atoms with Crippen LogP contribution in [0.5, 0.6) is 0 Å². The lowest BCUT2D eigenvalue weighted by Gasteiger charge is -2.36. The highest BCUT2D eigenvalue weighted by Gasteiger charge is 2.58. The molecule has 1 N–H and O–H groups in total. The van der Waals surface area contributed by atoms with E-state index < -0.39 is 31.9 Å². The fourth-order valence-corrected chi connectivity index (χ4v) is 4.59. The zero-order chi connectivity index (χ0) is 25.1. The van der Waals surface area contributed by atoms with Gasteiger partial charge in [0.15, 0.2) is 14.4 Å². The molecule has 0 aliphatic carbocycles. The summed E-state index contributed by atoms with van der Waals surface area (Å²) in [5.74, 6) is -0.841. The summed E-state index contributed by atoms with van der Waals surface area (Å²) in [7, 11) is -1.79. The third-order valence-corrected chi connectivity index (χ3v) is 11.2. The summed E-state index contributed by atoms with van der Waals surface area (Å²) < 4.78 is 22.6. The van der Waals surface area contributed by atoms with Gasteiger partial charge in [0.25, 0.3) is 0 Å². The molecule has 8 heteroatoms. The van der Waals surface area contributed by atoms with Crippen molar-refractivity contribution in [3.05, 3.63) is 54.0 Å². The number of benzene rings is 1. The first-order valence-corrected chi connectivity index (χ1v) is 14.7. The molecule has 186 valence electrons. The Morgan fingerprint density at radius 2 is 1.88 bits per heavy atom. The maximum absolute atomic E-state index is 13.1. The molecule has 7 nitrogen and oxygen atoms in total. The minimum absolute atomic E-state index is 0.0764. The van der Waals surface area contributed by atoms with Crippen molar-refractivity contribution < 1.29 is 27.9 Å². The molecule has 34 heavy (non-hydrogen) atoms. The second-order valence-corrected chi connectivity index (χ2v) is 15.5. The van der Waals surface area contributed by atoms with Crippen LogP contribution in [0.15, 0.2) is 47.1 Å². The van der Waals surface area contributed by atoms with E-state index in [1.165, 1.54) is 6.26 Å². The average molecular weight is 488 g/mol. The van der Waals surface area contributed by atoms with Gasteiger partial charge in [-0.05, 0) is 68.2 Å². The minimum atomic E-state index is -1.79. The lowest BCUT2D eigenvalue weighted by Crippen LogP contribution is -2.52. The zero-order valence-corrected chi connectivity index (χ0v) is 22.3. The Morgan fingerprint density at radius 3 is 2.44 bits per heavy atom. The Labute approximate surface area is 203 Å². The Hall–Kier alpha value is -2.58. The number of anilines is 1. The van der Waals surface area contributed by atoms with E-state index in [9.17, 15) is 9.59 Å². The van der Waals surface area contributed by atoms with E-state index in [0.717, 1.165) is 12.0 Å². The molecule has 0 radical (unpaired) electrons. The van der Waals surface area contributed by atoms with Gasteiger partial charge in [0.2, 0.25) is 5.54 Å². The van der Waals surface area contributed by atoms with Crippen LogP contribution in [0, 0.1) is 0 Å². The second kappa shape index (κ2) is 9.96. The molecule has 1 aliphatic heterocycles. The summed E-state index contributed by atoms with van der Waals surface area (Å²) >= 11 is 0. The van der Waals surface area contributed by atoms with Crippen molar-refractivity contribution in [2.24, 2.45) is 0 Å². The van der Waals surface area contributed by atoms with Crippen molar-refractivity contribution in [1.82, 2.24) is 0 Å². The summed E-state index contributed by atoms with van der Waals surface area (Å²) in [4.78, 5) is 26.0. The number of carbonyl (C=O) groups excluding carboxylic acids is 2. The highest BCUT2D eigenvalue weighted by atomic mass is 28.4. The van der Waals surface area contributed by atoms with Crippen molar-refractivity contribution in [2.45, 2.75) is 83.3 Å². The van der Waals surface area contributed by atoms with Crippen LogP contribution in [-0.2, 0) is 29.9 Å². The number of hydrogen-bond donors (Lipinski definition) is 1. The number of esters is 2. The molecular weight excluding hydrogens is 450 g/mol.